The van der Waals surface area contributed by atoms with Crippen LogP contribution in [0.3, 0.4) is 0 Å². The highest BCUT2D eigenvalue weighted by Gasteiger charge is 2.30. The van der Waals surface area contributed by atoms with Gasteiger partial charge in [0.25, 0.3) is 0 Å². The highest BCUT2D eigenvalue weighted by molar-refractivity contribution is 5.46. The number of aliphatic hydroxyl groups is 1. The molecule has 0 amide bonds. The quantitative estimate of drug-likeness (QED) is 0.807. The molecule has 92 valence electrons. The van der Waals surface area contributed by atoms with Crippen molar-refractivity contribution in [2.75, 3.05) is 0 Å². The fourth-order valence-electron chi connectivity index (χ4n) is 2.33. The molecule has 0 spiro atoms. The average Bonchev–Trinajstić information content (AvgIpc) is 2.40. The summed E-state index contributed by atoms with van der Waals surface area (Å²) in [5.74, 6) is 0.826. The Balaban J connectivity index is 1.98. The van der Waals surface area contributed by atoms with Gasteiger partial charge in [-0.3, -0.25) is 0 Å². The molecule has 0 fully saturated rings. The van der Waals surface area contributed by atoms with Crippen molar-refractivity contribution in [3.05, 3.63) is 59.7 Å². The topological polar surface area (TPSA) is 49.7 Å². The van der Waals surface area contributed by atoms with Gasteiger partial charge in [0.1, 0.15) is 17.6 Å². The maximum absolute atomic E-state index is 10.2. The van der Waals surface area contributed by atoms with E-state index in [1.54, 1.807) is 12.1 Å². The third kappa shape index (κ3) is 1.83. The van der Waals surface area contributed by atoms with Gasteiger partial charge in [-0.2, -0.15) is 0 Å². The molecular formula is C15H14O3. The van der Waals surface area contributed by atoms with Gasteiger partial charge in [-0.15, -0.1) is 0 Å². The molecule has 2 N–H and O–H groups in total. The van der Waals surface area contributed by atoms with Gasteiger partial charge < -0.3 is 14.9 Å². The van der Waals surface area contributed by atoms with Crippen LogP contribution < -0.4 is 4.74 Å². The van der Waals surface area contributed by atoms with E-state index in [1.165, 1.54) is 0 Å². The van der Waals surface area contributed by atoms with Crippen LogP contribution in [0, 0.1) is 0 Å². The van der Waals surface area contributed by atoms with E-state index in [1.807, 2.05) is 36.4 Å². The zero-order valence-electron chi connectivity index (χ0n) is 9.78. The number of rotatable bonds is 1. The molecule has 0 bridgehead atoms. The van der Waals surface area contributed by atoms with Crippen molar-refractivity contribution in [1.29, 1.82) is 0 Å². The summed E-state index contributed by atoms with van der Waals surface area (Å²) >= 11 is 0. The lowest BCUT2D eigenvalue weighted by atomic mass is 9.94. The molecule has 1 aliphatic heterocycles. The smallest absolute Gasteiger partial charge is 0.150 e. The second-order valence-electron chi connectivity index (χ2n) is 4.47. The Bertz CT molecular complexity index is 551. The third-order valence-corrected chi connectivity index (χ3v) is 3.25. The first-order valence-electron chi connectivity index (χ1n) is 5.96. The van der Waals surface area contributed by atoms with Crippen molar-refractivity contribution in [3.63, 3.8) is 0 Å². The van der Waals surface area contributed by atoms with E-state index >= 15 is 0 Å². The number of phenols is 1. The van der Waals surface area contributed by atoms with E-state index in [4.69, 9.17) is 4.74 Å². The number of benzene rings is 2. The van der Waals surface area contributed by atoms with Crippen LogP contribution in [-0.2, 0) is 6.42 Å². The maximum atomic E-state index is 10.2. The van der Waals surface area contributed by atoms with Gasteiger partial charge in [0.05, 0.1) is 6.10 Å². The fraction of sp³-hybridized carbons (Fsp3) is 0.200. The molecule has 2 aromatic carbocycles. The fourth-order valence-corrected chi connectivity index (χ4v) is 2.33. The molecule has 18 heavy (non-hydrogen) atoms. The number of phenolic OH excluding ortho intramolecular Hbond substituents is 1. The van der Waals surface area contributed by atoms with Gasteiger partial charge in [-0.05, 0) is 17.7 Å². The van der Waals surface area contributed by atoms with E-state index in [2.05, 4.69) is 0 Å². The van der Waals surface area contributed by atoms with E-state index in [9.17, 15) is 10.2 Å². The van der Waals surface area contributed by atoms with Crippen molar-refractivity contribution >= 4 is 0 Å². The number of aromatic hydroxyl groups is 1. The Labute approximate surface area is 105 Å². The van der Waals surface area contributed by atoms with E-state index in [0.29, 0.717) is 17.7 Å². The summed E-state index contributed by atoms with van der Waals surface area (Å²) in [5.41, 5.74) is 1.62. The number of hydrogen-bond donors (Lipinski definition) is 2. The van der Waals surface area contributed by atoms with Crippen LogP contribution in [0.2, 0.25) is 0 Å². The minimum absolute atomic E-state index is 0.179. The van der Waals surface area contributed by atoms with Crippen molar-refractivity contribution in [3.8, 4) is 11.5 Å². The van der Waals surface area contributed by atoms with Gasteiger partial charge in [-0.25, -0.2) is 0 Å². The molecule has 2 unspecified atom stereocenters. The van der Waals surface area contributed by atoms with Crippen molar-refractivity contribution in [2.45, 2.75) is 18.6 Å². The summed E-state index contributed by atoms with van der Waals surface area (Å²) in [7, 11) is 0. The lowest BCUT2D eigenvalue weighted by molar-refractivity contribution is 0.0200. The number of aliphatic hydroxyl groups excluding tert-OH is 1. The second kappa shape index (κ2) is 4.35. The van der Waals surface area contributed by atoms with Crippen LogP contribution in [0.25, 0.3) is 0 Å². The zero-order valence-corrected chi connectivity index (χ0v) is 9.78. The molecule has 2 aromatic rings. The molecule has 0 aromatic heterocycles. The van der Waals surface area contributed by atoms with E-state index < -0.39 is 6.10 Å². The average molecular weight is 242 g/mol. The minimum atomic E-state index is -0.645. The maximum Gasteiger partial charge on any atom is 0.150 e. The highest BCUT2D eigenvalue weighted by atomic mass is 16.5. The van der Waals surface area contributed by atoms with Crippen LogP contribution >= 0.6 is 0 Å². The molecule has 3 rings (SSSR count). The van der Waals surface area contributed by atoms with Crippen molar-refractivity contribution < 1.29 is 14.9 Å². The largest absolute Gasteiger partial charge is 0.508 e. The van der Waals surface area contributed by atoms with Gasteiger partial charge in [0, 0.05) is 12.0 Å². The van der Waals surface area contributed by atoms with Gasteiger partial charge in [0.15, 0.2) is 0 Å². The predicted molar refractivity (Wildman–Crippen MR) is 67.6 cm³/mol. The summed E-state index contributed by atoms with van der Waals surface area (Å²) in [6.07, 6.45) is -0.615. The molecule has 0 radical (unpaired) electrons. The first-order chi connectivity index (χ1) is 8.75. The standard InChI is InChI=1S/C15H14O3/c16-12-7-4-8-14-11(12)9-13(17)15(18-14)10-5-2-1-3-6-10/h1-8,13,15-17H,9H2. The molecule has 1 heterocycles. The molecular weight excluding hydrogens is 228 g/mol. The first-order valence-corrected chi connectivity index (χ1v) is 5.96. The lowest BCUT2D eigenvalue weighted by Gasteiger charge is -2.31. The van der Waals surface area contributed by atoms with Crippen LogP contribution in [0.15, 0.2) is 48.5 Å². The molecule has 3 nitrogen and oxygen atoms in total. The van der Waals surface area contributed by atoms with Gasteiger partial charge >= 0.3 is 0 Å². The van der Waals surface area contributed by atoms with Crippen molar-refractivity contribution in [2.24, 2.45) is 0 Å². The van der Waals surface area contributed by atoms with Crippen LogP contribution in [0.5, 0.6) is 11.5 Å². The minimum Gasteiger partial charge on any atom is -0.508 e. The molecule has 0 saturated carbocycles. The Morgan fingerprint density at radius 2 is 1.78 bits per heavy atom. The monoisotopic (exact) mass is 242 g/mol. The van der Waals surface area contributed by atoms with Crippen molar-refractivity contribution in [1.82, 2.24) is 0 Å². The molecule has 0 saturated heterocycles. The summed E-state index contributed by atoms with van der Waals surface area (Å²) in [6.45, 7) is 0. The number of hydrogen-bond acceptors (Lipinski definition) is 3. The Hall–Kier alpha value is -2.00. The third-order valence-electron chi connectivity index (χ3n) is 3.25. The highest BCUT2D eigenvalue weighted by Crippen LogP contribution is 2.38. The van der Waals surface area contributed by atoms with Crippen LogP contribution in [0.4, 0.5) is 0 Å². The normalized spacial score (nSPS) is 22.1. The number of fused-ring (bicyclic) bond motifs is 1. The molecule has 3 heteroatoms. The summed E-state index contributed by atoms with van der Waals surface area (Å²) in [4.78, 5) is 0. The van der Waals surface area contributed by atoms with E-state index in [-0.39, 0.29) is 11.9 Å². The summed E-state index contributed by atoms with van der Waals surface area (Å²) < 4.78 is 5.80. The van der Waals surface area contributed by atoms with Gasteiger partial charge in [0.2, 0.25) is 0 Å². The molecule has 2 atom stereocenters. The SMILES string of the molecule is Oc1cccc2c1CC(O)C(c1ccccc1)O2. The Morgan fingerprint density at radius 3 is 2.56 bits per heavy atom. The first kappa shape index (κ1) is 11.1. The Kier molecular flexibility index (Phi) is 2.68. The zero-order chi connectivity index (χ0) is 12.5. The van der Waals surface area contributed by atoms with Crippen LogP contribution in [-0.4, -0.2) is 16.3 Å². The summed E-state index contributed by atoms with van der Waals surface area (Å²) in [6, 6.07) is 14.8. The predicted octanol–water partition coefficient (Wildman–Crippen LogP) is 2.43. The molecule has 1 aliphatic rings. The van der Waals surface area contributed by atoms with E-state index in [0.717, 1.165) is 5.56 Å². The number of ether oxygens (including phenoxy) is 1. The Morgan fingerprint density at radius 1 is 1.00 bits per heavy atom. The second-order valence-corrected chi connectivity index (χ2v) is 4.47. The van der Waals surface area contributed by atoms with Gasteiger partial charge in [-0.1, -0.05) is 36.4 Å². The summed E-state index contributed by atoms with van der Waals surface area (Å²) in [5, 5.41) is 19.9. The van der Waals surface area contributed by atoms with Crippen LogP contribution in [0.1, 0.15) is 17.2 Å². The lowest BCUT2D eigenvalue weighted by Crippen LogP contribution is -2.30. The molecule has 0 aliphatic carbocycles.